The molecular weight excluding hydrogens is 274 g/mol. The summed E-state index contributed by atoms with van der Waals surface area (Å²) in [5.74, 6) is -0.452. The number of esters is 1. The molecular formula is C11H12BrNO3. The van der Waals surface area contributed by atoms with E-state index >= 15 is 0 Å². The van der Waals surface area contributed by atoms with Crippen LogP contribution in [0.1, 0.15) is 12.5 Å². The minimum Gasteiger partial charge on any atom is -0.466 e. The Hall–Kier alpha value is -1.36. The molecule has 0 atom stereocenters. The van der Waals surface area contributed by atoms with Crippen molar-refractivity contribution in [1.82, 2.24) is 0 Å². The fourth-order valence-electron chi connectivity index (χ4n) is 0.985. The number of carbonyl (C=O) groups is 1. The van der Waals surface area contributed by atoms with E-state index in [2.05, 4.69) is 25.8 Å². The average molecular weight is 286 g/mol. The Kier molecular flexibility index (Phi) is 4.98. The highest BCUT2D eigenvalue weighted by atomic mass is 79.9. The van der Waals surface area contributed by atoms with Gasteiger partial charge < -0.3 is 9.57 Å². The van der Waals surface area contributed by atoms with E-state index in [-0.39, 0.29) is 6.61 Å². The van der Waals surface area contributed by atoms with E-state index in [1.807, 2.05) is 24.3 Å². The van der Waals surface area contributed by atoms with Crippen molar-refractivity contribution in [2.24, 2.45) is 5.16 Å². The van der Waals surface area contributed by atoms with Crippen molar-refractivity contribution in [2.75, 3.05) is 13.7 Å². The Morgan fingerprint density at radius 2 is 2.00 bits per heavy atom. The van der Waals surface area contributed by atoms with Crippen LogP contribution in [-0.4, -0.2) is 25.4 Å². The molecule has 1 rings (SSSR count). The van der Waals surface area contributed by atoms with Crippen LogP contribution in [0, 0.1) is 0 Å². The maximum atomic E-state index is 10.8. The van der Waals surface area contributed by atoms with E-state index in [9.17, 15) is 4.79 Å². The van der Waals surface area contributed by atoms with E-state index in [1.54, 1.807) is 6.92 Å². The lowest BCUT2D eigenvalue weighted by molar-refractivity contribution is -0.145. The van der Waals surface area contributed by atoms with Crippen LogP contribution >= 0.6 is 15.9 Å². The van der Waals surface area contributed by atoms with Gasteiger partial charge in [-0.1, -0.05) is 33.2 Å². The predicted octanol–water partition coefficient (Wildman–Crippen LogP) is 2.36. The number of carbonyl (C=O) groups excluding carboxylic acids is 1. The third-order valence-corrected chi connectivity index (χ3v) is 2.40. The topological polar surface area (TPSA) is 47.9 Å². The number of rotatable bonds is 4. The van der Waals surface area contributed by atoms with Gasteiger partial charge in [0, 0.05) is 4.47 Å². The highest BCUT2D eigenvalue weighted by molar-refractivity contribution is 9.10. The first-order valence-corrected chi connectivity index (χ1v) is 5.42. The largest absolute Gasteiger partial charge is 0.466 e. The number of oxime groups is 1. The van der Waals surface area contributed by atoms with Gasteiger partial charge >= 0.3 is 5.97 Å². The van der Waals surface area contributed by atoms with Crippen LogP contribution in [0.25, 0.3) is 0 Å². The molecule has 0 fully saturated rings. The lowest BCUT2D eigenvalue weighted by Crippen LogP contribution is -2.08. The standard InChI is InChI=1S/C11H12BrNO3/c1-8(13-16-7-11(14)15-2)9-3-5-10(12)6-4-9/h3-6H,7H2,1-2H3. The SMILES string of the molecule is COC(=O)CON=C(C)c1ccc(Br)cc1. The zero-order valence-corrected chi connectivity index (χ0v) is 10.7. The first-order valence-electron chi connectivity index (χ1n) is 4.63. The zero-order chi connectivity index (χ0) is 12.0. The second kappa shape index (κ2) is 6.27. The maximum absolute atomic E-state index is 10.8. The number of methoxy groups -OCH3 is 1. The maximum Gasteiger partial charge on any atom is 0.346 e. The minimum absolute atomic E-state index is 0.176. The highest BCUT2D eigenvalue weighted by Gasteiger charge is 2.01. The Labute approximate surface area is 102 Å². The van der Waals surface area contributed by atoms with Gasteiger partial charge in [-0.2, -0.15) is 0 Å². The predicted molar refractivity (Wildman–Crippen MR) is 64.3 cm³/mol. The van der Waals surface area contributed by atoms with Crippen molar-refractivity contribution in [3.63, 3.8) is 0 Å². The minimum atomic E-state index is -0.452. The fraction of sp³-hybridized carbons (Fsp3) is 0.273. The molecule has 1 aromatic rings. The van der Waals surface area contributed by atoms with Gasteiger partial charge in [0.1, 0.15) is 0 Å². The van der Waals surface area contributed by atoms with Gasteiger partial charge in [0.05, 0.1) is 12.8 Å². The molecule has 86 valence electrons. The molecule has 0 radical (unpaired) electrons. The van der Waals surface area contributed by atoms with E-state index in [4.69, 9.17) is 4.84 Å². The Morgan fingerprint density at radius 3 is 2.56 bits per heavy atom. The molecule has 0 aliphatic rings. The number of nitrogens with zero attached hydrogens (tertiary/aromatic N) is 1. The Bertz CT molecular complexity index is 387. The summed E-state index contributed by atoms with van der Waals surface area (Å²) >= 11 is 3.34. The summed E-state index contributed by atoms with van der Waals surface area (Å²) in [6, 6.07) is 7.64. The van der Waals surface area contributed by atoms with Gasteiger partial charge in [0.2, 0.25) is 6.61 Å². The van der Waals surface area contributed by atoms with Gasteiger partial charge in [-0.15, -0.1) is 0 Å². The average Bonchev–Trinajstić information content (AvgIpc) is 2.29. The van der Waals surface area contributed by atoms with Crippen molar-refractivity contribution in [3.8, 4) is 0 Å². The van der Waals surface area contributed by atoms with Crippen molar-refractivity contribution in [1.29, 1.82) is 0 Å². The fourth-order valence-corrected chi connectivity index (χ4v) is 1.25. The summed E-state index contributed by atoms with van der Waals surface area (Å²) in [5.41, 5.74) is 1.64. The van der Waals surface area contributed by atoms with Crippen LogP contribution in [0.4, 0.5) is 0 Å². The lowest BCUT2D eigenvalue weighted by Gasteiger charge is -2.01. The van der Waals surface area contributed by atoms with Crippen LogP contribution in [-0.2, 0) is 14.4 Å². The first-order chi connectivity index (χ1) is 7.63. The second-order valence-electron chi connectivity index (χ2n) is 3.03. The Morgan fingerprint density at radius 1 is 1.38 bits per heavy atom. The summed E-state index contributed by atoms with van der Waals surface area (Å²) in [7, 11) is 1.30. The van der Waals surface area contributed by atoms with Gasteiger partial charge in [-0.3, -0.25) is 0 Å². The first kappa shape index (κ1) is 12.7. The smallest absolute Gasteiger partial charge is 0.346 e. The number of ether oxygens (including phenoxy) is 1. The number of hydrogen-bond donors (Lipinski definition) is 0. The van der Waals surface area contributed by atoms with Crippen molar-refractivity contribution < 1.29 is 14.4 Å². The summed E-state index contributed by atoms with van der Waals surface area (Å²) in [6.45, 7) is 1.63. The summed E-state index contributed by atoms with van der Waals surface area (Å²) in [6.07, 6.45) is 0. The molecule has 0 aliphatic carbocycles. The van der Waals surface area contributed by atoms with E-state index in [0.29, 0.717) is 5.71 Å². The molecule has 1 aromatic carbocycles. The van der Waals surface area contributed by atoms with E-state index in [0.717, 1.165) is 10.0 Å². The van der Waals surface area contributed by atoms with E-state index < -0.39 is 5.97 Å². The molecule has 5 heteroatoms. The quantitative estimate of drug-likeness (QED) is 0.485. The lowest BCUT2D eigenvalue weighted by atomic mass is 10.1. The normalized spacial score (nSPS) is 11.1. The third kappa shape index (κ3) is 4.02. The van der Waals surface area contributed by atoms with Crippen molar-refractivity contribution in [2.45, 2.75) is 6.92 Å². The van der Waals surface area contributed by atoms with Gasteiger partial charge in [-0.05, 0) is 24.6 Å². The molecule has 0 heterocycles. The molecule has 0 saturated carbocycles. The van der Waals surface area contributed by atoms with Crippen LogP contribution in [0.15, 0.2) is 33.9 Å². The van der Waals surface area contributed by atoms with Gasteiger partial charge in [0.15, 0.2) is 0 Å². The van der Waals surface area contributed by atoms with Gasteiger partial charge in [-0.25, -0.2) is 4.79 Å². The van der Waals surface area contributed by atoms with Crippen LogP contribution in [0.5, 0.6) is 0 Å². The third-order valence-electron chi connectivity index (χ3n) is 1.87. The summed E-state index contributed by atoms with van der Waals surface area (Å²) < 4.78 is 5.41. The molecule has 4 nitrogen and oxygen atoms in total. The van der Waals surface area contributed by atoms with Crippen molar-refractivity contribution >= 4 is 27.6 Å². The molecule has 0 unspecified atom stereocenters. The molecule has 16 heavy (non-hydrogen) atoms. The number of halogens is 1. The summed E-state index contributed by atoms with van der Waals surface area (Å²) in [4.78, 5) is 15.6. The molecule has 0 saturated heterocycles. The number of benzene rings is 1. The Balaban J connectivity index is 2.56. The molecule has 0 amide bonds. The van der Waals surface area contributed by atoms with Crippen LogP contribution in [0.3, 0.4) is 0 Å². The van der Waals surface area contributed by atoms with E-state index in [1.165, 1.54) is 7.11 Å². The highest BCUT2D eigenvalue weighted by Crippen LogP contribution is 2.11. The van der Waals surface area contributed by atoms with Crippen molar-refractivity contribution in [3.05, 3.63) is 34.3 Å². The monoisotopic (exact) mass is 285 g/mol. The zero-order valence-electron chi connectivity index (χ0n) is 9.07. The second-order valence-corrected chi connectivity index (χ2v) is 3.95. The molecule has 0 spiro atoms. The van der Waals surface area contributed by atoms with Crippen LogP contribution < -0.4 is 0 Å². The van der Waals surface area contributed by atoms with Crippen LogP contribution in [0.2, 0.25) is 0 Å². The number of hydrogen-bond acceptors (Lipinski definition) is 4. The molecule has 0 N–H and O–H groups in total. The molecule has 0 bridgehead atoms. The molecule has 0 aliphatic heterocycles. The summed E-state index contributed by atoms with van der Waals surface area (Å²) in [5, 5.41) is 3.81. The van der Waals surface area contributed by atoms with Gasteiger partial charge in [0.25, 0.3) is 0 Å². The molecule has 0 aromatic heterocycles.